The number of unbranched alkanes of at least 4 members (excludes halogenated alkanes) is 10. The molecular formula is C33H43FN2O2. The van der Waals surface area contributed by atoms with E-state index in [9.17, 15) is 9.18 Å². The standard InChI is InChI=1S/C33H43FN2O2/c1-3-5-7-9-11-13-15-26-17-19-28(20-18-26)33(37)38-29-21-22-30(31(34)23-29)32-35-24-27(25-36-32)16-14-12-10-8-6-4-2/h17-25H,3-16H2,1-2H3. The zero-order valence-corrected chi connectivity index (χ0v) is 23.2. The predicted octanol–water partition coefficient (Wildman–Crippen LogP) is 9.31. The molecule has 0 atom stereocenters. The third-order valence-electron chi connectivity index (χ3n) is 6.92. The van der Waals surface area contributed by atoms with Crippen LogP contribution < -0.4 is 4.74 Å². The number of nitrogens with zero attached hydrogens (tertiary/aromatic N) is 2. The number of esters is 1. The fourth-order valence-electron chi connectivity index (χ4n) is 4.56. The van der Waals surface area contributed by atoms with Gasteiger partial charge in [-0.1, -0.05) is 90.2 Å². The van der Waals surface area contributed by atoms with Gasteiger partial charge in [-0.2, -0.15) is 0 Å². The zero-order valence-electron chi connectivity index (χ0n) is 23.2. The molecule has 0 N–H and O–H groups in total. The lowest BCUT2D eigenvalue weighted by atomic mass is 10.0. The van der Waals surface area contributed by atoms with Crippen LogP contribution in [0, 0.1) is 5.82 Å². The molecule has 0 aliphatic rings. The number of halogens is 1. The van der Waals surface area contributed by atoms with Crippen molar-refractivity contribution in [3.05, 3.63) is 77.4 Å². The van der Waals surface area contributed by atoms with Gasteiger partial charge in [0.25, 0.3) is 0 Å². The summed E-state index contributed by atoms with van der Waals surface area (Å²) < 4.78 is 20.3. The molecule has 0 aliphatic heterocycles. The van der Waals surface area contributed by atoms with E-state index >= 15 is 0 Å². The Morgan fingerprint density at radius 2 is 1.26 bits per heavy atom. The maximum Gasteiger partial charge on any atom is 0.343 e. The molecule has 1 heterocycles. The number of aryl methyl sites for hydroxylation is 2. The van der Waals surface area contributed by atoms with Crippen LogP contribution in [0.15, 0.2) is 54.9 Å². The summed E-state index contributed by atoms with van der Waals surface area (Å²) in [4.78, 5) is 21.3. The first-order valence-corrected chi connectivity index (χ1v) is 14.5. The van der Waals surface area contributed by atoms with Crippen LogP contribution in [0.5, 0.6) is 5.75 Å². The van der Waals surface area contributed by atoms with Crippen LogP contribution in [0.2, 0.25) is 0 Å². The van der Waals surface area contributed by atoms with Crippen LogP contribution in [-0.4, -0.2) is 15.9 Å². The van der Waals surface area contributed by atoms with Gasteiger partial charge in [0.15, 0.2) is 5.82 Å². The van der Waals surface area contributed by atoms with Crippen molar-refractivity contribution >= 4 is 5.97 Å². The van der Waals surface area contributed by atoms with Gasteiger partial charge in [-0.15, -0.1) is 0 Å². The molecule has 0 fully saturated rings. The van der Waals surface area contributed by atoms with Crippen molar-refractivity contribution < 1.29 is 13.9 Å². The van der Waals surface area contributed by atoms with E-state index < -0.39 is 11.8 Å². The molecule has 0 saturated heterocycles. The minimum atomic E-state index is -0.520. The van der Waals surface area contributed by atoms with Crippen molar-refractivity contribution in [2.75, 3.05) is 0 Å². The lowest BCUT2D eigenvalue weighted by molar-refractivity contribution is 0.0734. The first-order valence-electron chi connectivity index (χ1n) is 14.5. The molecule has 2 aromatic carbocycles. The highest BCUT2D eigenvalue weighted by Crippen LogP contribution is 2.24. The summed E-state index contributed by atoms with van der Waals surface area (Å²) in [7, 11) is 0. The Balaban J connectivity index is 1.48. The Kier molecular flexibility index (Phi) is 13.0. The Morgan fingerprint density at radius 1 is 0.711 bits per heavy atom. The highest BCUT2D eigenvalue weighted by molar-refractivity contribution is 5.91. The zero-order chi connectivity index (χ0) is 27.0. The van der Waals surface area contributed by atoms with Crippen molar-refractivity contribution in [1.82, 2.24) is 9.97 Å². The van der Waals surface area contributed by atoms with Gasteiger partial charge in [-0.05, 0) is 61.1 Å². The van der Waals surface area contributed by atoms with Gasteiger partial charge in [0.1, 0.15) is 11.6 Å². The molecule has 3 rings (SSSR count). The molecule has 0 amide bonds. The number of carbonyl (C=O) groups is 1. The molecule has 0 radical (unpaired) electrons. The first-order chi connectivity index (χ1) is 18.6. The second-order valence-corrected chi connectivity index (χ2v) is 10.2. The van der Waals surface area contributed by atoms with E-state index in [0.717, 1.165) is 31.2 Å². The van der Waals surface area contributed by atoms with E-state index in [-0.39, 0.29) is 11.3 Å². The number of hydrogen-bond donors (Lipinski definition) is 0. The van der Waals surface area contributed by atoms with E-state index in [4.69, 9.17) is 4.74 Å². The van der Waals surface area contributed by atoms with Crippen molar-refractivity contribution in [2.24, 2.45) is 0 Å². The molecule has 4 nitrogen and oxygen atoms in total. The molecule has 0 aliphatic carbocycles. The van der Waals surface area contributed by atoms with Crippen LogP contribution in [0.25, 0.3) is 11.4 Å². The van der Waals surface area contributed by atoms with Crippen molar-refractivity contribution in [3.8, 4) is 17.1 Å². The maximum absolute atomic E-state index is 14.8. The Morgan fingerprint density at radius 3 is 1.84 bits per heavy atom. The molecule has 0 spiro atoms. The number of ether oxygens (including phenoxy) is 1. The number of hydrogen-bond acceptors (Lipinski definition) is 4. The quantitative estimate of drug-likeness (QED) is 0.101. The second-order valence-electron chi connectivity index (χ2n) is 10.2. The van der Waals surface area contributed by atoms with Gasteiger partial charge in [-0.3, -0.25) is 0 Å². The summed E-state index contributed by atoms with van der Waals surface area (Å²) in [5.74, 6) is -0.535. The van der Waals surface area contributed by atoms with Crippen LogP contribution >= 0.6 is 0 Å². The Bertz CT molecular complexity index is 1100. The van der Waals surface area contributed by atoms with Crippen LogP contribution in [0.3, 0.4) is 0 Å². The number of aromatic nitrogens is 2. The third-order valence-corrected chi connectivity index (χ3v) is 6.92. The normalized spacial score (nSPS) is 11.0. The summed E-state index contributed by atoms with van der Waals surface area (Å²) in [5, 5.41) is 0. The first kappa shape index (κ1) is 29.5. The van der Waals surface area contributed by atoms with Crippen LogP contribution in [0.1, 0.15) is 112 Å². The lowest BCUT2D eigenvalue weighted by Gasteiger charge is -2.08. The Labute approximate surface area is 228 Å². The summed E-state index contributed by atoms with van der Waals surface area (Å²) >= 11 is 0. The summed E-state index contributed by atoms with van der Waals surface area (Å²) in [6.45, 7) is 4.45. The predicted molar refractivity (Wildman–Crippen MR) is 153 cm³/mol. The maximum atomic E-state index is 14.8. The average Bonchev–Trinajstić information content (AvgIpc) is 2.93. The van der Waals surface area contributed by atoms with E-state index in [0.29, 0.717) is 11.4 Å². The number of benzene rings is 2. The average molecular weight is 519 g/mol. The lowest BCUT2D eigenvalue weighted by Crippen LogP contribution is -2.09. The smallest absolute Gasteiger partial charge is 0.343 e. The molecule has 0 unspecified atom stereocenters. The van der Waals surface area contributed by atoms with E-state index in [1.807, 2.05) is 12.1 Å². The minimum Gasteiger partial charge on any atom is -0.423 e. The van der Waals surface area contributed by atoms with Crippen LogP contribution in [0.4, 0.5) is 4.39 Å². The summed E-state index contributed by atoms with van der Waals surface area (Å²) in [5.41, 5.74) is 3.01. The van der Waals surface area contributed by atoms with E-state index in [1.54, 1.807) is 36.7 Å². The van der Waals surface area contributed by atoms with Gasteiger partial charge in [-0.25, -0.2) is 19.2 Å². The molecular weight excluding hydrogens is 475 g/mol. The molecule has 38 heavy (non-hydrogen) atoms. The van der Waals surface area contributed by atoms with Crippen molar-refractivity contribution in [1.29, 1.82) is 0 Å². The van der Waals surface area contributed by atoms with Crippen LogP contribution in [-0.2, 0) is 12.8 Å². The Hall–Kier alpha value is -3.08. The SMILES string of the molecule is CCCCCCCCc1ccc(C(=O)Oc2ccc(-c3ncc(CCCCCCCC)cn3)c(F)c2)cc1. The molecule has 1 aromatic heterocycles. The molecule has 3 aromatic rings. The highest BCUT2D eigenvalue weighted by atomic mass is 19.1. The van der Waals surface area contributed by atoms with Gasteiger partial charge in [0.2, 0.25) is 0 Å². The highest BCUT2D eigenvalue weighted by Gasteiger charge is 2.13. The number of rotatable bonds is 17. The van der Waals surface area contributed by atoms with E-state index in [2.05, 4.69) is 23.8 Å². The van der Waals surface area contributed by atoms with Gasteiger partial charge in [0, 0.05) is 18.5 Å². The summed E-state index contributed by atoms with van der Waals surface area (Å²) in [6, 6.07) is 11.9. The largest absolute Gasteiger partial charge is 0.423 e. The second kappa shape index (κ2) is 16.7. The monoisotopic (exact) mass is 518 g/mol. The fraction of sp³-hybridized carbons (Fsp3) is 0.485. The third kappa shape index (κ3) is 10.00. The fourth-order valence-corrected chi connectivity index (χ4v) is 4.56. The molecule has 204 valence electrons. The topological polar surface area (TPSA) is 52.1 Å². The van der Waals surface area contributed by atoms with Gasteiger partial charge >= 0.3 is 5.97 Å². The summed E-state index contributed by atoms with van der Waals surface area (Å²) in [6.07, 6.45) is 20.5. The van der Waals surface area contributed by atoms with Crippen molar-refractivity contribution in [2.45, 2.75) is 104 Å². The number of carbonyl (C=O) groups excluding carboxylic acids is 1. The van der Waals surface area contributed by atoms with Crippen molar-refractivity contribution in [3.63, 3.8) is 0 Å². The van der Waals surface area contributed by atoms with Gasteiger partial charge in [0.05, 0.1) is 11.1 Å². The minimum absolute atomic E-state index is 0.159. The molecule has 5 heteroatoms. The molecule has 0 bridgehead atoms. The van der Waals surface area contributed by atoms with E-state index in [1.165, 1.54) is 75.8 Å². The van der Waals surface area contributed by atoms with Gasteiger partial charge < -0.3 is 4.74 Å². The molecule has 0 saturated carbocycles.